The van der Waals surface area contributed by atoms with Crippen LogP contribution in [0.25, 0.3) is 0 Å². The number of aromatic nitrogens is 2. The van der Waals surface area contributed by atoms with Gasteiger partial charge in [-0.05, 0) is 47.9 Å². The highest BCUT2D eigenvalue weighted by Crippen LogP contribution is 2.22. The van der Waals surface area contributed by atoms with Crippen LogP contribution in [0.2, 0.25) is 0 Å². The smallest absolute Gasteiger partial charge is 0.263 e. The van der Waals surface area contributed by atoms with Crippen molar-refractivity contribution in [2.24, 2.45) is 0 Å². The normalized spacial score (nSPS) is 11.4. The molecule has 0 aliphatic carbocycles. The standard InChI is InChI=1S/C20H22N4O2S/c1-15(2)16-9-11-18(12-10-16)27(25,26)23-19-13-14-20(22-21-19)24(3)17-7-5-4-6-8-17/h4-15H,1-3H3,(H,21,23). The zero-order valence-electron chi connectivity index (χ0n) is 15.5. The monoisotopic (exact) mass is 382 g/mol. The maximum Gasteiger partial charge on any atom is 0.263 e. The predicted molar refractivity (Wildman–Crippen MR) is 108 cm³/mol. The summed E-state index contributed by atoms with van der Waals surface area (Å²) >= 11 is 0. The van der Waals surface area contributed by atoms with Crippen molar-refractivity contribution in [3.05, 3.63) is 72.3 Å². The molecule has 1 N–H and O–H groups in total. The van der Waals surface area contributed by atoms with Gasteiger partial charge in [-0.1, -0.05) is 44.2 Å². The summed E-state index contributed by atoms with van der Waals surface area (Å²) in [6.45, 7) is 4.12. The molecule has 140 valence electrons. The molecule has 0 fully saturated rings. The molecule has 7 heteroatoms. The molecule has 0 radical (unpaired) electrons. The minimum Gasteiger partial charge on any atom is -0.328 e. The molecule has 3 rings (SSSR count). The van der Waals surface area contributed by atoms with Crippen LogP contribution in [0.5, 0.6) is 0 Å². The zero-order valence-corrected chi connectivity index (χ0v) is 16.3. The van der Waals surface area contributed by atoms with E-state index in [-0.39, 0.29) is 10.7 Å². The lowest BCUT2D eigenvalue weighted by Gasteiger charge is -2.17. The Bertz CT molecular complexity index is 986. The second-order valence-electron chi connectivity index (χ2n) is 6.50. The lowest BCUT2D eigenvalue weighted by Crippen LogP contribution is -2.16. The second kappa shape index (κ2) is 7.75. The Labute approximate surface area is 159 Å². The lowest BCUT2D eigenvalue weighted by atomic mass is 10.0. The average Bonchev–Trinajstić information content (AvgIpc) is 2.68. The first kappa shape index (κ1) is 18.8. The minimum atomic E-state index is -3.71. The van der Waals surface area contributed by atoms with Crippen molar-refractivity contribution in [3.63, 3.8) is 0 Å². The summed E-state index contributed by atoms with van der Waals surface area (Å²) < 4.78 is 27.5. The third-order valence-electron chi connectivity index (χ3n) is 4.23. The molecule has 0 bridgehead atoms. The maximum atomic E-state index is 12.5. The number of para-hydroxylation sites is 1. The molecule has 0 amide bonds. The van der Waals surface area contributed by atoms with E-state index in [1.807, 2.05) is 54.4 Å². The van der Waals surface area contributed by atoms with Crippen LogP contribution in [-0.4, -0.2) is 25.7 Å². The quantitative estimate of drug-likeness (QED) is 0.692. The number of hydrogen-bond donors (Lipinski definition) is 1. The van der Waals surface area contributed by atoms with Crippen molar-refractivity contribution < 1.29 is 8.42 Å². The van der Waals surface area contributed by atoms with Crippen molar-refractivity contribution in [1.82, 2.24) is 10.2 Å². The van der Waals surface area contributed by atoms with Crippen LogP contribution in [0.4, 0.5) is 17.3 Å². The number of hydrogen-bond acceptors (Lipinski definition) is 5. The van der Waals surface area contributed by atoms with E-state index in [0.29, 0.717) is 11.7 Å². The fourth-order valence-corrected chi connectivity index (χ4v) is 3.57. The highest BCUT2D eigenvalue weighted by Gasteiger charge is 2.16. The molecule has 0 aliphatic heterocycles. The van der Waals surface area contributed by atoms with Crippen LogP contribution in [0, 0.1) is 0 Å². The summed E-state index contributed by atoms with van der Waals surface area (Å²) in [4.78, 5) is 2.06. The van der Waals surface area contributed by atoms with Gasteiger partial charge in [-0.2, -0.15) is 0 Å². The van der Waals surface area contributed by atoms with Gasteiger partial charge in [-0.3, -0.25) is 4.72 Å². The Balaban J connectivity index is 1.75. The molecule has 0 spiro atoms. The molecule has 0 aliphatic rings. The van der Waals surface area contributed by atoms with Crippen molar-refractivity contribution in [2.45, 2.75) is 24.7 Å². The highest BCUT2D eigenvalue weighted by molar-refractivity contribution is 7.92. The Morgan fingerprint density at radius 3 is 2.11 bits per heavy atom. The Kier molecular flexibility index (Phi) is 5.41. The third-order valence-corrected chi connectivity index (χ3v) is 5.60. The van der Waals surface area contributed by atoms with E-state index >= 15 is 0 Å². The first-order chi connectivity index (χ1) is 12.9. The molecule has 3 aromatic rings. The molecule has 27 heavy (non-hydrogen) atoms. The number of rotatable bonds is 6. The van der Waals surface area contributed by atoms with E-state index in [1.54, 1.807) is 24.3 Å². The Morgan fingerprint density at radius 2 is 1.56 bits per heavy atom. The van der Waals surface area contributed by atoms with E-state index in [0.717, 1.165) is 11.3 Å². The van der Waals surface area contributed by atoms with E-state index in [9.17, 15) is 8.42 Å². The van der Waals surface area contributed by atoms with Gasteiger partial charge in [0.2, 0.25) is 0 Å². The van der Waals surface area contributed by atoms with Gasteiger partial charge >= 0.3 is 0 Å². The van der Waals surface area contributed by atoms with Crippen LogP contribution in [0.1, 0.15) is 25.3 Å². The maximum absolute atomic E-state index is 12.5. The molecule has 0 unspecified atom stereocenters. The first-order valence-electron chi connectivity index (χ1n) is 8.62. The number of nitrogens with one attached hydrogen (secondary N) is 1. The van der Waals surface area contributed by atoms with E-state index in [1.165, 1.54) is 0 Å². The van der Waals surface area contributed by atoms with Crippen LogP contribution >= 0.6 is 0 Å². The van der Waals surface area contributed by atoms with Crippen LogP contribution in [0.3, 0.4) is 0 Å². The highest BCUT2D eigenvalue weighted by atomic mass is 32.2. The Hall–Kier alpha value is -2.93. The van der Waals surface area contributed by atoms with Gasteiger partial charge in [0.15, 0.2) is 11.6 Å². The zero-order chi connectivity index (χ0) is 19.4. The summed E-state index contributed by atoms with van der Waals surface area (Å²) in [5.74, 6) is 1.13. The summed E-state index contributed by atoms with van der Waals surface area (Å²) in [6, 6.07) is 19.9. The topological polar surface area (TPSA) is 75.2 Å². The van der Waals surface area contributed by atoms with Gasteiger partial charge in [0.25, 0.3) is 10.0 Å². The predicted octanol–water partition coefficient (Wildman–Crippen LogP) is 4.17. The first-order valence-corrected chi connectivity index (χ1v) is 10.1. The van der Waals surface area contributed by atoms with Crippen molar-refractivity contribution in [1.29, 1.82) is 0 Å². The summed E-state index contributed by atoms with van der Waals surface area (Å²) in [5, 5.41) is 8.12. The van der Waals surface area contributed by atoms with Crippen LogP contribution in [-0.2, 0) is 10.0 Å². The molecule has 6 nitrogen and oxygen atoms in total. The van der Waals surface area contributed by atoms with Gasteiger partial charge in [-0.25, -0.2) is 8.42 Å². The number of nitrogens with zero attached hydrogens (tertiary/aromatic N) is 3. The molecule has 1 aromatic heterocycles. The van der Waals surface area contributed by atoms with E-state index in [2.05, 4.69) is 28.8 Å². The molecule has 2 aromatic carbocycles. The van der Waals surface area contributed by atoms with Crippen LogP contribution in [0.15, 0.2) is 71.6 Å². The summed E-state index contributed by atoms with van der Waals surface area (Å²) in [5.41, 5.74) is 2.05. The lowest BCUT2D eigenvalue weighted by molar-refractivity contribution is 0.601. The third kappa shape index (κ3) is 4.43. The fourth-order valence-electron chi connectivity index (χ4n) is 2.57. The van der Waals surface area contributed by atoms with Gasteiger partial charge in [0.1, 0.15) is 0 Å². The summed E-state index contributed by atoms with van der Waals surface area (Å²) in [6.07, 6.45) is 0. The van der Waals surface area contributed by atoms with E-state index in [4.69, 9.17) is 0 Å². The largest absolute Gasteiger partial charge is 0.328 e. The van der Waals surface area contributed by atoms with Crippen molar-refractivity contribution >= 4 is 27.3 Å². The second-order valence-corrected chi connectivity index (χ2v) is 8.18. The molecule has 1 heterocycles. The SMILES string of the molecule is CC(C)c1ccc(S(=O)(=O)Nc2ccc(N(C)c3ccccc3)nn2)cc1. The van der Waals surface area contributed by atoms with Gasteiger partial charge in [0, 0.05) is 12.7 Å². The van der Waals surface area contributed by atoms with E-state index < -0.39 is 10.0 Å². The van der Waals surface area contributed by atoms with Crippen molar-refractivity contribution in [3.8, 4) is 0 Å². The van der Waals surface area contributed by atoms with Crippen LogP contribution < -0.4 is 9.62 Å². The minimum absolute atomic E-state index is 0.174. The van der Waals surface area contributed by atoms with Crippen molar-refractivity contribution in [2.75, 3.05) is 16.7 Å². The molecule has 0 saturated heterocycles. The van der Waals surface area contributed by atoms with Gasteiger partial charge < -0.3 is 4.90 Å². The Morgan fingerprint density at radius 1 is 0.889 bits per heavy atom. The molecular formula is C20H22N4O2S. The van der Waals surface area contributed by atoms with Gasteiger partial charge in [-0.15, -0.1) is 10.2 Å². The summed E-state index contributed by atoms with van der Waals surface area (Å²) in [7, 11) is -1.83. The number of benzene rings is 2. The molecular weight excluding hydrogens is 360 g/mol. The molecule has 0 saturated carbocycles. The average molecular weight is 382 g/mol. The fraction of sp³-hybridized carbons (Fsp3) is 0.200. The number of sulfonamides is 1. The molecule has 0 atom stereocenters. The van der Waals surface area contributed by atoms with Gasteiger partial charge in [0.05, 0.1) is 4.90 Å². The number of anilines is 3.